The summed E-state index contributed by atoms with van der Waals surface area (Å²) in [4.78, 5) is 0. The maximum Gasteiger partial charge on any atom is 0.0392 e. The fourth-order valence-electron chi connectivity index (χ4n) is 0.664. The van der Waals surface area contributed by atoms with Crippen LogP contribution in [0.4, 0.5) is 0 Å². The highest BCUT2D eigenvalue weighted by atomic mass is 15.4. The van der Waals surface area contributed by atoms with Crippen LogP contribution in [-0.2, 0) is 0 Å². The molecule has 0 aromatic heterocycles. The summed E-state index contributed by atoms with van der Waals surface area (Å²) in [5.74, 6) is 5.66. The van der Waals surface area contributed by atoms with Gasteiger partial charge >= 0.3 is 0 Å². The first-order valence-corrected chi connectivity index (χ1v) is 3.42. The molecule has 0 spiro atoms. The number of hydrogen-bond donors (Lipinski definition) is 1. The van der Waals surface area contributed by atoms with E-state index in [1.807, 2.05) is 26.8 Å². The van der Waals surface area contributed by atoms with Gasteiger partial charge in [-0.25, -0.2) is 5.84 Å². The Kier molecular flexibility index (Phi) is 3.81. The molecule has 0 atom stereocenters. The molecule has 0 saturated heterocycles. The third kappa shape index (κ3) is 2.69. The van der Waals surface area contributed by atoms with Crippen molar-refractivity contribution < 1.29 is 0 Å². The van der Waals surface area contributed by atoms with Gasteiger partial charge in [0.25, 0.3) is 0 Å². The average molecular weight is 140 g/mol. The van der Waals surface area contributed by atoms with E-state index in [2.05, 4.69) is 6.58 Å². The Balaban J connectivity index is 4.06. The van der Waals surface area contributed by atoms with Crippen LogP contribution in [0.3, 0.4) is 0 Å². The molecule has 0 aliphatic heterocycles. The van der Waals surface area contributed by atoms with Crippen LogP contribution >= 0.6 is 0 Å². The van der Waals surface area contributed by atoms with Crippen molar-refractivity contribution in [2.45, 2.75) is 26.8 Å². The lowest BCUT2D eigenvalue weighted by atomic mass is 10.3. The number of nitrogens with zero attached hydrogens (tertiary/aromatic N) is 1. The number of nitrogens with two attached hydrogens (primary N) is 1. The first-order valence-electron chi connectivity index (χ1n) is 3.42. The third-order valence-corrected chi connectivity index (χ3v) is 1.32. The van der Waals surface area contributed by atoms with Gasteiger partial charge in [0.1, 0.15) is 0 Å². The summed E-state index contributed by atoms with van der Waals surface area (Å²) in [5, 5.41) is 1.71. The van der Waals surface area contributed by atoms with Crippen molar-refractivity contribution in [3.8, 4) is 0 Å². The molecule has 0 saturated carbocycles. The number of rotatable bonds is 3. The number of allylic oxidation sites excluding steroid dienone is 3. The molecule has 2 nitrogen and oxygen atoms in total. The van der Waals surface area contributed by atoms with Crippen LogP contribution in [0.15, 0.2) is 24.4 Å². The predicted molar refractivity (Wildman–Crippen MR) is 45.1 cm³/mol. The minimum absolute atomic E-state index is 0.344. The second-order valence-electron chi connectivity index (χ2n) is 2.54. The quantitative estimate of drug-likeness (QED) is 0.367. The standard InChI is InChI=1S/C8H16N2/c1-5-6-8(4)10(9)7(2)3/h5-7H,1,9H2,2-4H3. The predicted octanol–water partition coefficient (Wildman–Crippen LogP) is 1.66. The molecular formula is C8H16N2. The molecule has 0 rings (SSSR count). The van der Waals surface area contributed by atoms with Crippen molar-refractivity contribution in [3.05, 3.63) is 24.4 Å². The van der Waals surface area contributed by atoms with Crippen molar-refractivity contribution in [1.29, 1.82) is 0 Å². The Labute approximate surface area is 63.0 Å². The Bertz CT molecular complexity index is 136. The minimum Gasteiger partial charge on any atom is -0.313 e. The van der Waals surface area contributed by atoms with E-state index in [1.54, 1.807) is 11.1 Å². The second-order valence-corrected chi connectivity index (χ2v) is 2.54. The Morgan fingerprint density at radius 3 is 2.40 bits per heavy atom. The van der Waals surface area contributed by atoms with E-state index in [-0.39, 0.29) is 0 Å². The highest BCUT2D eigenvalue weighted by molar-refractivity contribution is 5.06. The Morgan fingerprint density at radius 1 is 1.60 bits per heavy atom. The van der Waals surface area contributed by atoms with E-state index >= 15 is 0 Å². The molecule has 2 heteroatoms. The van der Waals surface area contributed by atoms with Gasteiger partial charge < -0.3 is 5.01 Å². The summed E-state index contributed by atoms with van der Waals surface area (Å²) in [6.07, 6.45) is 3.62. The largest absolute Gasteiger partial charge is 0.313 e. The van der Waals surface area contributed by atoms with E-state index in [4.69, 9.17) is 5.84 Å². The van der Waals surface area contributed by atoms with E-state index in [1.165, 1.54) is 0 Å². The molecule has 2 N–H and O–H groups in total. The van der Waals surface area contributed by atoms with Crippen LogP contribution in [0.1, 0.15) is 20.8 Å². The van der Waals surface area contributed by atoms with Gasteiger partial charge in [-0.3, -0.25) is 0 Å². The zero-order chi connectivity index (χ0) is 8.15. The second kappa shape index (κ2) is 4.12. The van der Waals surface area contributed by atoms with E-state index in [0.29, 0.717) is 6.04 Å². The molecule has 0 unspecified atom stereocenters. The topological polar surface area (TPSA) is 29.3 Å². The fraction of sp³-hybridized carbons (Fsp3) is 0.500. The van der Waals surface area contributed by atoms with Crippen molar-refractivity contribution in [2.75, 3.05) is 0 Å². The van der Waals surface area contributed by atoms with Gasteiger partial charge in [-0.15, -0.1) is 0 Å². The molecule has 0 aliphatic carbocycles. The molecule has 0 amide bonds. The lowest BCUT2D eigenvalue weighted by Gasteiger charge is -2.23. The van der Waals surface area contributed by atoms with Gasteiger partial charge in [0.2, 0.25) is 0 Å². The molecule has 0 aromatic rings. The molecule has 10 heavy (non-hydrogen) atoms. The van der Waals surface area contributed by atoms with E-state index in [0.717, 1.165) is 5.70 Å². The molecule has 0 fully saturated rings. The molecule has 0 bridgehead atoms. The summed E-state index contributed by atoms with van der Waals surface area (Å²) >= 11 is 0. The van der Waals surface area contributed by atoms with Crippen LogP contribution in [0.2, 0.25) is 0 Å². The first-order chi connectivity index (χ1) is 4.59. The normalized spacial score (nSPS) is 11.9. The van der Waals surface area contributed by atoms with Crippen LogP contribution in [0.5, 0.6) is 0 Å². The maximum atomic E-state index is 5.66. The summed E-state index contributed by atoms with van der Waals surface area (Å²) < 4.78 is 0. The van der Waals surface area contributed by atoms with Crippen LogP contribution < -0.4 is 5.84 Å². The lowest BCUT2D eigenvalue weighted by molar-refractivity contribution is 0.294. The van der Waals surface area contributed by atoms with Gasteiger partial charge in [0.15, 0.2) is 0 Å². The Morgan fingerprint density at radius 2 is 2.10 bits per heavy atom. The molecule has 0 aromatic carbocycles. The summed E-state index contributed by atoms with van der Waals surface area (Å²) in [6, 6.07) is 0.344. The first kappa shape index (κ1) is 9.24. The number of hydrazine groups is 1. The molecule has 0 radical (unpaired) electrons. The third-order valence-electron chi connectivity index (χ3n) is 1.32. The summed E-state index contributed by atoms with van der Waals surface area (Å²) in [6.45, 7) is 9.63. The van der Waals surface area contributed by atoms with Gasteiger partial charge in [-0.1, -0.05) is 12.7 Å². The molecule has 58 valence electrons. The lowest BCUT2D eigenvalue weighted by Crippen LogP contribution is -2.35. The van der Waals surface area contributed by atoms with Gasteiger partial charge in [0, 0.05) is 11.7 Å². The minimum atomic E-state index is 0.344. The van der Waals surface area contributed by atoms with E-state index < -0.39 is 0 Å². The van der Waals surface area contributed by atoms with Crippen molar-refractivity contribution >= 4 is 0 Å². The maximum absolute atomic E-state index is 5.66. The molecule has 0 aliphatic rings. The summed E-state index contributed by atoms with van der Waals surface area (Å²) in [5.41, 5.74) is 1.03. The van der Waals surface area contributed by atoms with Gasteiger partial charge in [0.05, 0.1) is 0 Å². The van der Waals surface area contributed by atoms with Gasteiger partial charge in [-0.2, -0.15) is 0 Å². The monoisotopic (exact) mass is 140 g/mol. The Hall–Kier alpha value is -0.760. The van der Waals surface area contributed by atoms with E-state index in [9.17, 15) is 0 Å². The SMILES string of the molecule is C=CC=C(C)N(N)C(C)C. The van der Waals surface area contributed by atoms with Crippen LogP contribution in [0, 0.1) is 0 Å². The highest BCUT2D eigenvalue weighted by Gasteiger charge is 2.01. The van der Waals surface area contributed by atoms with Crippen molar-refractivity contribution in [1.82, 2.24) is 5.01 Å². The van der Waals surface area contributed by atoms with Crippen LogP contribution in [0.25, 0.3) is 0 Å². The highest BCUT2D eigenvalue weighted by Crippen LogP contribution is 2.01. The zero-order valence-electron chi connectivity index (χ0n) is 6.96. The molecular weight excluding hydrogens is 124 g/mol. The fourth-order valence-corrected chi connectivity index (χ4v) is 0.664. The van der Waals surface area contributed by atoms with Crippen LogP contribution in [-0.4, -0.2) is 11.1 Å². The van der Waals surface area contributed by atoms with Gasteiger partial charge in [-0.05, 0) is 26.8 Å². The molecule has 0 heterocycles. The smallest absolute Gasteiger partial charge is 0.0392 e. The number of hydrogen-bond acceptors (Lipinski definition) is 2. The van der Waals surface area contributed by atoms with Crippen molar-refractivity contribution in [2.24, 2.45) is 5.84 Å². The zero-order valence-corrected chi connectivity index (χ0v) is 6.96. The summed E-state index contributed by atoms with van der Waals surface area (Å²) in [7, 11) is 0. The average Bonchev–Trinajstić information content (AvgIpc) is 1.87. The van der Waals surface area contributed by atoms with Crippen molar-refractivity contribution in [3.63, 3.8) is 0 Å².